The van der Waals surface area contributed by atoms with E-state index in [2.05, 4.69) is 21.9 Å². The molecule has 1 aromatic carbocycles. The molecule has 5 heteroatoms. The Morgan fingerprint density at radius 2 is 1.95 bits per heavy atom. The first-order chi connectivity index (χ1) is 10.7. The van der Waals surface area contributed by atoms with E-state index in [0.29, 0.717) is 16.8 Å². The number of halogens is 1. The van der Waals surface area contributed by atoms with Crippen LogP contribution < -0.4 is 4.74 Å². The second kappa shape index (κ2) is 7.07. The SMILES string of the molecule is CN1CCC(COc2cnc(-c3cccc(Cl)c3)nc2)CC1. The van der Waals surface area contributed by atoms with Crippen LogP contribution in [0, 0.1) is 5.92 Å². The van der Waals surface area contributed by atoms with Crippen LogP contribution in [0.15, 0.2) is 36.7 Å². The molecule has 0 bridgehead atoms. The maximum absolute atomic E-state index is 5.99. The first kappa shape index (κ1) is 15.3. The lowest BCUT2D eigenvalue weighted by molar-refractivity contribution is 0.159. The smallest absolute Gasteiger partial charge is 0.159 e. The van der Waals surface area contributed by atoms with E-state index in [-0.39, 0.29) is 0 Å². The molecule has 1 aliphatic heterocycles. The van der Waals surface area contributed by atoms with Gasteiger partial charge in [0.15, 0.2) is 11.6 Å². The van der Waals surface area contributed by atoms with E-state index >= 15 is 0 Å². The van der Waals surface area contributed by atoms with Gasteiger partial charge in [-0.15, -0.1) is 0 Å². The fourth-order valence-electron chi connectivity index (χ4n) is 2.61. The van der Waals surface area contributed by atoms with Crippen molar-refractivity contribution in [1.82, 2.24) is 14.9 Å². The zero-order valence-corrected chi connectivity index (χ0v) is 13.5. The summed E-state index contributed by atoms with van der Waals surface area (Å²) in [5, 5.41) is 0.684. The summed E-state index contributed by atoms with van der Waals surface area (Å²) in [6.07, 6.45) is 5.85. The van der Waals surface area contributed by atoms with Crippen molar-refractivity contribution in [3.63, 3.8) is 0 Å². The minimum Gasteiger partial charge on any atom is -0.490 e. The van der Waals surface area contributed by atoms with E-state index in [4.69, 9.17) is 16.3 Å². The molecule has 116 valence electrons. The van der Waals surface area contributed by atoms with E-state index in [0.717, 1.165) is 31.0 Å². The molecule has 1 saturated heterocycles. The molecule has 2 aromatic rings. The molecule has 2 heterocycles. The van der Waals surface area contributed by atoms with Crippen molar-refractivity contribution in [2.75, 3.05) is 26.7 Å². The third kappa shape index (κ3) is 3.96. The lowest BCUT2D eigenvalue weighted by Crippen LogP contribution is -2.32. The summed E-state index contributed by atoms with van der Waals surface area (Å²) in [6.45, 7) is 3.05. The number of benzene rings is 1. The summed E-state index contributed by atoms with van der Waals surface area (Å²) in [5.74, 6) is 2.02. The minimum absolute atomic E-state index is 0.629. The maximum Gasteiger partial charge on any atom is 0.159 e. The van der Waals surface area contributed by atoms with Crippen molar-refractivity contribution in [3.05, 3.63) is 41.7 Å². The van der Waals surface area contributed by atoms with Crippen LogP contribution in [0.3, 0.4) is 0 Å². The summed E-state index contributed by atoms with van der Waals surface area (Å²) in [7, 11) is 2.17. The Morgan fingerprint density at radius 1 is 1.23 bits per heavy atom. The highest BCUT2D eigenvalue weighted by atomic mass is 35.5. The van der Waals surface area contributed by atoms with Crippen LogP contribution in [-0.4, -0.2) is 41.6 Å². The number of likely N-dealkylation sites (tertiary alicyclic amines) is 1. The zero-order valence-electron chi connectivity index (χ0n) is 12.7. The van der Waals surface area contributed by atoms with Crippen molar-refractivity contribution < 1.29 is 4.74 Å². The zero-order chi connectivity index (χ0) is 15.4. The molecule has 0 unspecified atom stereocenters. The van der Waals surface area contributed by atoms with Gasteiger partial charge >= 0.3 is 0 Å². The van der Waals surface area contributed by atoms with Crippen LogP contribution in [0.25, 0.3) is 11.4 Å². The van der Waals surface area contributed by atoms with Crippen LogP contribution in [0.5, 0.6) is 5.75 Å². The summed E-state index contributed by atoms with van der Waals surface area (Å²) in [5.41, 5.74) is 0.911. The van der Waals surface area contributed by atoms with Crippen molar-refractivity contribution >= 4 is 11.6 Å². The highest BCUT2D eigenvalue weighted by molar-refractivity contribution is 6.30. The monoisotopic (exact) mass is 317 g/mol. The van der Waals surface area contributed by atoms with Crippen LogP contribution >= 0.6 is 11.6 Å². The number of hydrogen-bond donors (Lipinski definition) is 0. The van der Waals surface area contributed by atoms with E-state index in [1.54, 1.807) is 12.4 Å². The van der Waals surface area contributed by atoms with Gasteiger partial charge in [0.1, 0.15) is 0 Å². The molecule has 4 nitrogen and oxygen atoms in total. The number of piperidine rings is 1. The predicted octanol–water partition coefficient (Wildman–Crippen LogP) is 3.52. The van der Waals surface area contributed by atoms with Crippen molar-refractivity contribution in [2.24, 2.45) is 5.92 Å². The number of aromatic nitrogens is 2. The Hall–Kier alpha value is -1.65. The lowest BCUT2D eigenvalue weighted by Gasteiger charge is -2.28. The van der Waals surface area contributed by atoms with Crippen molar-refractivity contribution in [2.45, 2.75) is 12.8 Å². The highest BCUT2D eigenvalue weighted by Gasteiger charge is 2.17. The van der Waals surface area contributed by atoms with Gasteiger partial charge in [-0.2, -0.15) is 0 Å². The van der Waals surface area contributed by atoms with Gasteiger partial charge in [0.25, 0.3) is 0 Å². The van der Waals surface area contributed by atoms with Gasteiger partial charge in [0, 0.05) is 10.6 Å². The number of hydrogen-bond acceptors (Lipinski definition) is 4. The molecule has 1 aliphatic rings. The van der Waals surface area contributed by atoms with Gasteiger partial charge in [-0.3, -0.25) is 0 Å². The lowest BCUT2D eigenvalue weighted by atomic mass is 9.98. The van der Waals surface area contributed by atoms with Gasteiger partial charge in [-0.25, -0.2) is 9.97 Å². The summed E-state index contributed by atoms with van der Waals surface area (Å²) >= 11 is 5.99. The van der Waals surface area contributed by atoms with Gasteiger partial charge in [0.2, 0.25) is 0 Å². The number of nitrogens with zero attached hydrogens (tertiary/aromatic N) is 3. The average Bonchev–Trinajstić information content (AvgIpc) is 2.55. The molecule has 1 fully saturated rings. The number of ether oxygens (including phenoxy) is 1. The third-order valence-corrected chi connectivity index (χ3v) is 4.27. The van der Waals surface area contributed by atoms with Gasteiger partial charge < -0.3 is 9.64 Å². The first-order valence-electron chi connectivity index (χ1n) is 7.60. The van der Waals surface area contributed by atoms with Crippen LogP contribution in [0.4, 0.5) is 0 Å². The second-order valence-corrected chi connectivity index (χ2v) is 6.25. The molecular formula is C17H20ClN3O. The van der Waals surface area contributed by atoms with E-state index < -0.39 is 0 Å². The Balaban J connectivity index is 1.57. The summed E-state index contributed by atoms with van der Waals surface area (Å²) in [4.78, 5) is 11.1. The molecule has 0 radical (unpaired) electrons. The van der Waals surface area contributed by atoms with E-state index in [1.807, 2.05) is 24.3 Å². The molecule has 0 atom stereocenters. The fraction of sp³-hybridized carbons (Fsp3) is 0.412. The van der Waals surface area contributed by atoms with Crippen molar-refractivity contribution in [1.29, 1.82) is 0 Å². The molecule has 0 spiro atoms. The average molecular weight is 318 g/mol. The second-order valence-electron chi connectivity index (χ2n) is 5.81. The Labute approximate surface area is 136 Å². The van der Waals surface area contributed by atoms with E-state index in [1.165, 1.54) is 12.8 Å². The molecule has 3 rings (SSSR count). The van der Waals surface area contributed by atoms with E-state index in [9.17, 15) is 0 Å². The number of rotatable bonds is 4. The van der Waals surface area contributed by atoms with Gasteiger partial charge in [-0.1, -0.05) is 23.7 Å². The molecule has 0 N–H and O–H groups in total. The third-order valence-electron chi connectivity index (χ3n) is 4.03. The van der Waals surface area contributed by atoms with Crippen LogP contribution in [0.1, 0.15) is 12.8 Å². The Kier molecular flexibility index (Phi) is 4.90. The summed E-state index contributed by atoms with van der Waals surface area (Å²) in [6, 6.07) is 7.53. The minimum atomic E-state index is 0.629. The molecule has 0 saturated carbocycles. The largest absolute Gasteiger partial charge is 0.490 e. The van der Waals surface area contributed by atoms with Crippen LogP contribution in [0.2, 0.25) is 5.02 Å². The molecule has 22 heavy (non-hydrogen) atoms. The summed E-state index contributed by atoms with van der Waals surface area (Å²) < 4.78 is 5.83. The fourth-order valence-corrected chi connectivity index (χ4v) is 2.80. The maximum atomic E-state index is 5.99. The standard InChI is InChI=1S/C17H20ClN3O/c1-21-7-5-13(6-8-21)12-22-16-10-19-17(20-11-16)14-3-2-4-15(18)9-14/h2-4,9-11,13H,5-8,12H2,1H3. The van der Waals surface area contributed by atoms with Gasteiger partial charge in [0.05, 0.1) is 19.0 Å². The highest BCUT2D eigenvalue weighted by Crippen LogP contribution is 2.21. The predicted molar refractivity (Wildman–Crippen MR) is 88.2 cm³/mol. The Bertz CT molecular complexity index is 610. The first-order valence-corrected chi connectivity index (χ1v) is 7.98. The van der Waals surface area contributed by atoms with Crippen LogP contribution in [-0.2, 0) is 0 Å². The quantitative estimate of drug-likeness (QED) is 0.865. The molecule has 0 aliphatic carbocycles. The molecule has 0 amide bonds. The topological polar surface area (TPSA) is 38.2 Å². The molecular weight excluding hydrogens is 298 g/mol. The van der Waals surface area contributed by atoms with Gasteiger partial charge in [-0.05, 0) is 51.0 Å². The normalized spacial score (nSPS) is 16.6. The molecule has 1 aromatic heterocycles. The Morgan fingerprint density at radius 3 is 2.64 bits per heavy atom. The van der Waals surface area contributed by atoms with Crippen molar-refractivity contribution in [3.8, 4) is 17.1 Å².